The van der Waals surface area contributed by atoms with Crippen LogP contribution in [0.1, 0.15) is 0 Å². The smallest absolute Gasteiger partial charge is 0.177 e. The minimum absolute atomic E-state index is 0.0194. The minimum Gasteiger partial charge on any atom is -0.485 e. The zero-order valence-corrected chi connectivity index (χ0v) is 7.08. The van der Waals surface area contributed by atoms with Crippen LogP contribution in [-0.4, -0.2) is 17.6 Å². The van der Waals surface area contributed by atoms with Gasteiger partial charge in [0.25, 0.3) is 0 Å². The van der Waals surface area contributed by atoms with E-state index in [0.717, 1.165) is 18.2 Å². The van der Waals surface area contributed by atoms with Crippen LogP contribution in [0.4, 0.5) is 8.78 Å². The number of rotatable bonds is 3. The molecule has 14 heavy (non-hydrogen) atoms. The van der Waals surface area contributed by atoms with Gasteiger partial charge >= 0.3 is 0 Å². The summed E-state index contributed by atoms with van der Waals surface area (Å²) in [6.07, 6.45) is 0. The second kappa shape index (κ2) is 4.40. The molecule has 0 saturated heterocycles. The molecule has 0 bridgehead atoms. The molecule has 0 aromatic heterocycles. The summed E-state index contributed by atoms with van der Waals surface area (Å²) >= 11 is 0. The third kappa shape index (κ3) is 2.89. The lowest BCUT2D eigenvalue weighted by Gasteiger charge is -2.04. The Hall–Kier alpha value is -1.85. The van der Waals surface area contributed by atoms with Crippen LogP contribution in [0, 0.1) is 11.6 Å². The lowest BCUT2D eigenvalue weighted by atomic mass is 10.3. The predicted octanol–water partition coefficient (Wildman–Crippen LogP) is 1.09. The Morgan fingerprint density at radius 3 is 2.43 bits per heavy atom. The molecule has 0 fully saturated rings. The summed E-state index contributed by atoms with van der Waals surface area (Å²) in [5.41, 5.74) is 5.08. The number of hydrogen-bond acceptors (Lipinski definition) is 3. The maximum atomic E-state index is 12.6. The topological polar surface area (TPSA) is 67.8 Å². The molecule has 0 aliphatic carbocycles. The fraction of sp³-hybridized carbons (Fsp3) is 0.125. The largest absolute Gasteiger partial charge is 0.485 e. The summed E-state index contributed by atoms with van der Waals surface area (Å²) in [4.78, 5) is 0. The van der Waals surface area contributed by atoms with E-state index < -0.39 is 11.6 Å². The van der Waals surface area contributed by atoms with Crippen molar-refractivity contribution < 1.29 is 18.7 Å². The van der Waals surface area contributed by atoms with E-state index in [-0.39, 0.29) is 18.2 Å². The number of halogens is 2. The second-order valence-electron chi connectivity index (χ2n) is 2.49. The summed E-state index contributed by atoms with van der Waals surface area (Å²) in [5, 5.41) is 10.8. The van der Waals surface area contributed by atoms with E-state index in [2.05, 4.69) is 5.16 Å². The molecule has 0 aliphatic rings. The Morgan fingerprint density at radius 1 is 1.36 bits per heavy atom. The zero-order valence-electron chi connectivity index (χ0n) is 7.08. The van der Waals surface area contributed by atoms with Crippen molar-refractivity contribution in [3.05, 3.63) is 29.8 Å². The predicted molar refractivity (Wildman–Crippen MR) is 45.3 cm³/mol. The van der Waals surface area contributed by atoms with Crippen molar-refractivity contribution in [2.75, 3.05) is 6.61 Å². The third-order valence-corrected chi connectivity index (χ3v) is 1.35. The van der Waals surface area contributed by atoms with E-state index in [1.165, 1.54) is 0 Å². The van der Waals surface area contributed by atoms with Gasteiger partial charge in [-0.15, -0.1) is 0 Å². The quantitative estimate of drug-likeness (QED) is 0.333. The zero-order chi connectivity index (χ0) is 10.6. The first kappa shape index (κ1) is 10.2. The molecule has 1 aromatic carbocycles. The maximum absolute atomic E-state index is 12.6. The van der Waals surface area contributed by atoms with Crippen molar-refractivity contribution in [3.8, 4) is 5.75 Å². The normalized spacial score (nSPS) is 11.4. The molecule has 1 rings (SSSR count). The molecule has 3 N–H and O–H groups in total. The van der Waals surface area contributed by atoms with Crippen LogP contribution in [0.25, 0.3) is 0 Å². The van der Waals surface area contributed by atoms with Gasteiger partial charge in [0.2, 0.25) is 0 Å². The van der Waals surface area contributed by atoms with Crippen molar-refractivity contribution >= 4 is 5.84 Å². The number of amidine groups is 1. The number of nitrogens with two attached hydrogens (primary N) is 1. The molecule has 0 heterocycles. The first-order chi connectivity index (χ1) is 6.61. The molecule has 0 radical (unpaired) electrons. The number of benzene rings is 1. The summed E-state index contributed by atoms with van der Waals surface area (Å²) in [5.74, 6) is -1.71. The monoisotopic (exact) mass is 202 g/mol. The molecule has 6 heteroatoms. The summed E-state index contributed by atoms with van der Waals surface area (Å²) < 4.78 is 30.0. The minimum atomic E-state index is -0.750. The number of ether oxygens (including phenoxy) is 1. The number of hydrogen-bond donors (Lipinski definition) is 2. The molecule has 0 aliphatic heterocycles. The van der Waals surface area contributed by atoms with Crippen molar-refractivity contribution in [2.45, 2.75) is 0 Å². The summed E-state index contributed by atoms with van der Waals surface area (Å²) in [6, 6.07) is 2.71. The highest BCUT2D eigenvalue weighted by Crippen LogP contribution is 2.14. The lowest BCUT2D eigenvalue weighted by Crippen LogP contribution is -2.20. The number of oxime groups is 1. The van der Waals surface area contributed by atoms with Crippen molar-refractivity contribution in [3.63, 3.8) is 0 Å². The fourth-order valence-electron chi connectivity index (χ4n) is 0.798. The van der Waals surface area contributed by atoms with Gasteiger partial charge in [-0.05, 0) is 0 Å². The Balaban J connectivity index is 2.67. The van der Waals surface area contributed by atoms with Crippen molar-refractivity contribution in [2.24, 2.45) is 10.9 Å². The molecule has 76 valence electrons. The van der Waals surface area contributed by atoms with Gasteiger partial charge < -0.3 is 15.7 Å². The molecule has 0 saturated carbocycles. The second-order valence-corrected chi connectivity index (χ2v) is 2.49. The molecular weight excluding hydrogens is 194 g/mol. The highest BCUT2D eigenvalue weighted by atomic mass is 19.1. The van der Waals surface area contributed by atoms with Gasteiger partial charge in [-0.2, -0.15) is 0 Å². The molecule has 4 nitrogen and oxygen atoms in total. The molecule has 0 spiro atoms. The molecule has 1 aromatic rings. The van der Waals surface area contributed by atoms with Crippen LogP contribution in [0.15, 0.2) is 23.4 Å². The SMILES string of the molecule is NC(COc1cc(F)cc(F)c1)=NO. The van der Waals surface area contributed by atoms with Gasteiger partial charge in [-0.25, -0.2) is 8.78 Å². The lowest BCUT2D eigenvalue weighted by molar-refractivity contribution is 0.305. The van der Waals surface area contributed by atoms with Gasteiger partial charge in [0, 0.05) is 18.2 Å². The van der Waals surface area contributed by atoms with Crippen LogP contribution in [0.3, 0.4) is 0 Å². The Labute approximate surface area is 78.6 Å². The summed E-state index contributed by atoms with van der Waals surface area (Å²) in [7, 11) is 0. The summed E-state index contributed by atoms with van der Waals surface area (Å²) in [6.45, 7) is -0.237. The van der Waals surface area contributed by atoms with E-state index in [1.807, 2.05) is 0 Å². The van der Waals surface area contributed by atoms with E-state index in [9.17, 15) is 8.78 Å². The van der Waals surface area contributed by atoms with Crippen LogP contribution in [0.5, 0.6) is 5.75 Å². The van der Waals surface area contributed by atoms with Crippen LogP contribution in [-0.2, 0) is 0 Å². The van der Waals surface area contributed by atoms with E-state index in [1.54, 1.807) is 0 Å². The Bertz CT molecular complexity index is 335. The molecule has 0 atom stereocenters. The Morgan fingerprint density at radius 2 is 1.93 bits per heavy atom. The van der Waals surface area contributed by atoms with Gasteiger partial charge in [-0.1, -0.05) is 5.16 Å². The highest BCUT2D eigenvalue weighted by Gasteiger charge is 2.02. The van der Waals surface area contributed by atoms with Crippen LogP contribution in [0.2, 0.25) is 0 Å². The van der Waals surface area contributed by atoms with Gasteiger partial charge in [0.15, 0.2) is 5.84 Å². The van der Waals surface area contributed by atoms with Crippen molar-refractivity contribution in [1.82, 2.24) is 0 Å². The maximum Gasteiger partial charge on any atom is 0.177 e. The van der Waals surface area contributed by atoms with E-state index in [0.29, 0.717) is 0 Å². The van der Waals surface area contributed by atoms with Gasteiger partial charge in [-0.3, -0.25) is 0 Å². The first-order valence-electron chi connectivity index (χ1n) is 3.67. The molecular formula is C8H8F2N2O2. The average molecular weight is 202 g/mol. The molecule has 0 amide bonds. The van der Waals surface area contributed by atoms with E-state index in [4.69, 9.17) is 15.7 Å². The van der Waals surface area contributed by atoms with Crippen LogP contribution < -0.4 is 10.5 Å². The average Bonchev–Trinajstić information content (AvgIpc) is 2.12. The third-order valence-electron chi connectivity index (χ3n) is 1.35. The van der Waals surface area contributed by atoms with Crippen LogP contribution >= 0.6 is 0 Å². The van der Waals surface area contributed by atoms with Crippen molar-refractivity contribution in [1.29, 1.82) is 0 Å². The number of nitrogens with zero attached hydrogens (tertiary/aromatic N) is 1. The Kier molecular flexibility index (Phi) is 3.22. The first-order valence-corrected chi connectivity index (χ1v) is 3.67. The van der Waals surface area contributed by atoms with Gasteiger partial charge in [0.05, 0.1) is 0 Å². The fourth-order valence-corrected chi connectivity index (χ4v) is 0.798. The van der Waals surface area contributed by atoms with Gasteiger partial charge in [0.1, 0.15) is 24.0 Å². The highest BCUT2D eigenvalue weighted by molar-refractivity contribution is 5.81. The van der Waals surface area contributed by atoms with E-state index >= 15 is 0 Å². The molecule has 0 unspecified atom stereocenters. The standard InChI is InChI=1S/C8H8F2N2O2/c9-5-1-6(10)3-7(2-5)14-4-8(11)12-13/h1-3,13H,4H2,(H2,11,12).